The Morgan fingerprint density at radius 2 is 1.79 bits per heavy atom. The molecule has 6 nitrogen and oxygen atoms in total. The third-order valence-electron chi connectivity index (χ3n) is 3.73. The maximum Gasteiger partial charge on any atom is 0.340 e. The van der Waals surface area contributed by atoms with Gasteiger partial charge in [0.2, 0.25) is 0 Å². The first-order chi connectivity index (χ1) is 11.6. The lowest BCUT2D eigenvalue weighted by molar-refractivity contribution is -0.114. The zero-order valence-corrected chi connectivity index (χ0v) is 13.1. The molecule has 0 radical (unpaired) electrons. The van der Waals surface area contributed by atoms with Crippen molar-refractivity contribution < 1.29 is 19.1 Å². The van der Waals surface area contributed by atoms with Gasteiger partial charge >= 0.3 is 11.9 Å². The lowest BCUT2D eigenvalue weighted by Gasteiger charge is -2.19. The van der Waals surface area contributed by atoms with Crippen molar-refractivity contribution in [1.82, 2.24) is 0 Å². The van der Waals surface area contributed by atoms with Crippen molar-refractivity contribution in [2.45, 2.75) is 6.92 Å². The van der Waals surface area contributed by atoms with E-state index in [9.17, 15) is 14.4 Å². The van der Waals surface area contributed by atoms with Crippen LogP contribution in [0.5, 0.6) is 0 Å². The van der Waals surface area contributed by atoms with Gasteiger partial charge in [0.15, 0.2) is 0 Å². The molecule has 1 heterocycles. The summed E-state index contributed by atoms with van der Waals surface area (Å²) in [6.45, 7) is 2.09. The molecule has 2 aromatic carbocycles. The molecule has 0 unspecified atom stereocenters. The van der Waals surface area contributed by atoms with Gasteiger partial charge in [0.05, 0.1) is 35.8 Å². The molecule has 0 aromatic heterocycles. The standard InChI is InChI=1S/C18H16N2O4/c1-2-24-18(23)12-7-3-5-9-14(12)19-11-20-15-10-6-4-8-13(15)16(21)17(20)22/h3-10,19H,2,11H2,1H3. The summed E-state index contributed by atoms with van der Waals surface area (Å²) in [5, 5.41) is 3.04. The third kappa shape index (κ3) is 2.74. The summed E-state index contributed by atoms with van der Waals surface area (Å²) in [5.74, 6) is -1.55. The number of carbonyl (C=O) groups is 3. The number of esters is 1. The molecule has 0 saturated carbocycles. The Hall–Kier alpha value is -3.15. The number of anilines is 2. The third-order valence-corrected chi connectivity index (χ3v) is 3.73. The molecule has 0 aliphatic carbocycles. The second kappa shape index (κ2) is 6.54. The van der Waals surface area contributed by atoms with Gasteiger partial charge in [-0.25, -0.2) is 4.79 Å². The average molecular weight is 324 g/mol. The van der Waals surface area contributed by atoms with Gasteiger partial charge < -0.3 is 10.1 Å². The highest BCUT2D eigenvalue weighted by Crippen LogP contribution is 2.28. The molecule has 6 heteroatoms. The van der Waals surface area contributed by atoms with E-state index in [0.29, 0.717) is 22.5 Å². The summed E-state index contributed by atoms with van der Waals surface area (Å²) < 4.78 is 5.02. The molecule has 1 N–H and O–H groups in total. The summed E-state index contributed by atoms with van der Waals surface area (Å²) in [6.07, 6.45) is 0. The number of nitrogens with zero attached hydrogens (tertiary/aromatic N) is 1. The van der Waals surface area contributed by atoms with Crippen LogP contribution in [-0.2, 0) is 9.53 Å². The fourth-order valence-corrected chi connectivity index (χ4v) is 2.59. The average Bonchev–Trinajstić information content (AvgIpc) is 2.85. The Balaban J connectivity index is 1.81. The minimum absolute atomic E-state index is 0.0814. The molecule has 1 aliphatic rings. The topological polar surface area (TPSA) is 75.7 Å². The van der Waals surface area contributed by atoms with Gasteiger partial charge in [-0.3, -0.25) is 14.5 Å². The molecule has 0 bridgehead atoms. The smallest absolute Gasteiger partial charge is 0.340 e. The number of ether oxygens (including phenoxy) is 1. The highest BCUT2D eigenvalue weighted by molar-refractivity contribution is 6.52. The second-order valence-corrected chi connectivity index (χ2v) is 5.18. The van der Waals surface area contributed by atoms with E-state index in [1.165, 1.54) is 4.90 Å². The minimum atomic E-state index is -0.586. The van der Waals surface area contributed by atoms with E-state index < -0.39 is 17.7 Å². The van der Waals surface area contributed by atoms with Crippen molar-refractivity contribution in [1.29, 1.82) is 0 Å². The van der Waals surface area contributed by atoms with Crippen LogP contribution < -0.4 is 10.2 Å². The molecular weight excluding hydrogens is 308 g/mol. The van der Waals surface area contributed by atoms with E-state index in [2.05, 4.69) is 5.32 Å². The first-order valence-electron chi connectivity index (χ1n) is 7.58. The fourth-order valence-electron chi connectivity index (χ4n) is 2.59. The Bertz CT molecular complexity index is 816. The number of nitrogens with one attached hydrogen (secondary N) is 1. The SMILES string of the molecule is CCOC(=O)c1ccccc1NCN1C(=O)C(=O)c2ccccc21. The van der Waals surface area contributed by atoms with Crippen molar-refractivity contribution in [3.63, 3.8) is 0 Å². The maximum absolute atomic E-state index is 12.1. The molecule has 0 saturated heterocycles. The number of amides is 1. The monoisotopic (exact) mass is 324 g/mol. The van der Waals surface area contributed by atoms with Gasteiger partial charge in [-0.1, -0.05) is 24.3 Å². The van der Waals surface area contributed by atoms with Crippen molar-refractivity contribution in [2.75, 3.05) is 23.5 Å². The van der Waals surface area contributed by atoms with Crippen molar-refractivity contribution in [2.24, 2.45) is 0 Å². The zero-order chi connectivity index (χ0) is 17.1. The number of hydrogen-bond acceptors (Lipinski definition) is 5. The van der Waals surface area contributed by atoms with Crippen LogP contribution >= 0.6 is 0 Å². The number of hydrogen-bond donors (Lipinski definition) is 1. The van der Waals surface area contributed by atoms with Crippen LogP contribution in [0.25, 0.3) is 0 Å². The largest absolute Gasteiger partial charge is 0.462 e. The van der Waals surface area contributed by atoms with E-state index in [0.717, 1.165) is 0 Å². The van der Waals surface area contributed by atoms with Gasteiger partial charge in [-0.2, -0.15) is 0 Å². The number of carbonyl (C=O) groups excluding carboxylic acids is 3. The predicted octanol–water partition coefficient (Wildman–Crippen LogP) is 2.46. The Kier molecular flexibility index (Phi) is 4.29. The lowest BCUT2D eigenvalue weighted by Crippen LogP contribution is -2.34. The molecule has 1 aliphatic heterocycles. The van der Waals surface area contributed by atoms with Crippen LogP contribution in [-0.4, -0.2) is 30.9 Å². The number of benzene rings is 2. The fraction of sp³-hybridized carbons (Fsp3) is 0.167. The van der Waals surface area contributed by atoms with Gasteiger partial charge in [0, 0.05) is 0 Å². The quantitative estimate of drug-likeness (QED) is 0.675. The summed E-state index contributed by atoms with van der Waals surface area (Å²) in [7, 11) is 0. The Morgan fingerprint density at radius 1 is 1.08 bits per heavy atom. The van der Waals surface area contributed by atoms with Crippen LogP contribution in [0.3, 0.4) is 0 Å². The van der Waals surface area contributed by atoms with Crippen LogP contribution in [0.15, 0.2) is 48.5 Å². The van der Waals surface area contributed by atoms with Crippen molar-refractivity contribution in [3.05, 3.63) is 59.7 Å². The van der Waals surface area contributed by atoms with Gasteiger partial charge in [0.1, 0.15) is 0 Å². The molecular formula is C18H16N2O4. The number of fused-ring (bicyclic) bond motifs is 1. The highest BCUT2D eigenvalue weighted by Gasteiger charge is 2.35. The molecule has 24 heavy (non-hydrogen) atoms. The highest BCUT2D eigenvalue weighted by atomic mass is 16.5. The van der Waals surface area contributed by atoms with Gasteiger partial charge in [0.25, 0.3) is 5.78 Å². The number of ketones is 1. The first kappa shape index (κ1) is 15.7. The molecule has 3 rings (SSSR count). The van der Waals surface area contributed by atoms with Gasteiger partial charge in [-0.05, 0) is 31.2 Å². The normalized spacial score (nSPS) is 13.0. The van der Waals surface area contributed by atoms with Crippen molar-refractivity contribution in [3.8, 4) is 0 Å². The number of para-hydroxylation sites is 2. The summed E-state index contributed by atoms with van der Waals surface area (Å²) >= 11 is 0. The van der Waals surface area contributed by atoms with Crippen molar-refractivity contribution >= 4 is 29.0 Å². The van der Waals surface area contributed by atoms with E-state index >= 15 is 0 Å². The summed E-state index contributed by atoms with van der Waals surface area (Å²) in [5.41, 5.74) is 1.88. The molecule has 1 amide bonds. The predicted molar refractivity (Wildman–Crippen MR) is 89.1 cm³/mol. The Labute approximate surface area is 139 Å². The van der Waals surface area contributed by atoms with Gasteiger partial charge in [-0.15, -0.1) is 0 Å². The molecule has 122 valence electrons. The number of rotatable bonds is 5. The van der Waals surface area contributed by atoms with Crippen LogP contribution in [0, 0.1) is 0 Å². The summed E-state index contributed by atoms with van der Waals surface area (Å²) in [4.78, 5) is 37.5. The Morgan fingerprint density at radius 3 is 2.58 bits per heavy atom. The van der Waals surface area contributed by atoms with Crippen LogP contribution in [0.4, 0.5) is 11.4 Å². The molecule has 0 atom stereocenters. The van der Waals surface area contributed by atoms with E-state index in [-0.39, 0.29) is 13.3 Å². The number of Topliss-reactive ketones (excluding diaryl/α,β-unsaturated/α-hetero) is 1. The first-order valence-corrected chi connectivity index (χ1v) is 7.58. The zero-order valence-electron chi connectivity index (χ0n) is 13.1. The molecule has 0 spiro atoms. The van der Waals surface area contributed by atoms with E-state index in [1.54, 1.807) is 55.5 Å². The molecule has 2 aromatic rings. The maximum atomic E-state index is 12.1. The van der Waals surface area contributed by atoms with Crippen LogP contribution in [0.1, 0.15) is 27.6 Å². The molecule has 0 fully saturated rings. The van der Waals surface area contributed by atoms with Crippen LogP contribution in [0.2, 0.25) is 0 Å². The second-order valence-electron chi connectivity index (χ2n) is 5.18. The van der Waals surface area contributed by atoms with E-state index in [4.69, 9.17) is 4.74 Å². The van der Waals surface area contributed by atoms with E-state index in [1.807, 2.05) is 0 Å². The minimum Gasteiger partial charge on any atom is -0.462 e. The summed E-state index contributed by atoms with van der Waals surface area (Å²) in [6, 6.07) is 13.7. The lowest BCUT2D eigenvalue weighted by atomic mass is 10.1.